The molecule has 6 nitrogen and oxygen atoms in total. The smallest absolute Gasteiger partial charge is 0.274 e. The first kappa shape index (κ1) is 17.6. The third-order valence-corrected chi connectivity index (χ3v) is 5.31. The number of nitrogens with zero attached hydrogens (tertiary/aromatic N) is 4. The summed E-state index contributed by atoms with van der Waals surface area (Å²) >= 11 is 3.42. The summed E-state index contributed by atoms with van der Waals surface area (Å²) in [6, 6.07) is 19.7. The Morgan fingerprint density at radius 2 is 1.90 bits per heavy atom. The predicted molar refractivity (Wildman–Crippen MR) is 116 cm³/mol. The summed E-state index contributed by atoms with van der Waals surface area (Å²) in [4.78, 5) is 17.2. The summed E-state index contributed by atoms with van der Waals surface area (Å²) in [5, 5.41) is 8.43. The second-order valence-electron chi connectivity index (χ2n) is 6.70. The average molecular weight is 446 g/mol. The van der Waals surface area contributed by atoms with E-state index in [1.165, 1.54) is 5.56 Å². The molecule has 7 heteroatoms. The van der Waals surface area contributed by atoms with Crippen molar-refractivity contribution in [2.75, 3.05) is 5.32 Å². The summed E-state index contributed by atoms with van der Waals surface area (Å²) in [7, 11) is 0. The number of halogens is 1. The molecule has 0 spiro atoms. The van der Waals surface area contributed by atoms with E-state index in [1.54, 1.807) is 16.8 Å². The summed E-state index contributed by atoms with van der Waals surface area (Å²) in [5.74, 6) is -0.219. The molecule has 0 aliphatic rings. The van der Waals surface area contributed by atoms with Crippen LogP contribution in [0, 0.1) is 0 Å². The van der Waals surface area contributed by atoms with Crippen molar-refractivity contribution >= 4 is 44.1 Å². The largest absolute Gasteiger partial charge is 0.320 e. The minimum atomic E-state index is -0.219. The van der Waals surface area contributed by atoms with Gasteiger partial charge in [0.2, 0.25) is 0 Å². The van der Waals surface area contributed by atoms with Crippen molar-refractivity contribution in [1.29, 1.82) is 0 Å². The van der Waals surface area contributed by atoms with Crippen LogP contribution in [0.5, 0.6) is 0 Å². The Morgan fingerprint density at radius 3 is 2.76 bits per heavy atom. The minimum Gasteiger partial charge on any atom is -0.320 e. The SMILES string of the molecule is O=C(Nc1cccc2c1cnn2Cc1ccccc1)c1cnc2cc(Br)ccn12. The monoisotopic (exact) mass is 445 g/mol. The van der Waals surface area contributed by atoms with Crippen molar-refractivity contribution in [3.63, 3.8) is 0 Å². The highest BCUT2D eigenvalue weighted by Crippen LogP contribution is 2.24. The molecule has 0 fully saturated rings. The number of nitrogens with one attached hydrogen (secondary N) is 1. The molecule has 5 rings (SSSR count). The van der Waals surface area contributed by atoms with Crippen molar-refractivity contribution in [2.45, 2.75) is 6.54 Å². The van der Waals surface area contributed by atoms with Gasteiger partial charge in [-0.2, -0.15) is 5.10 Å². The fourth-order valence-electron chi connectivity index (χ4n) is 3.40. The molecule has 1 N–H and O–H groups in total. The van der Waals surface area contributed by atoms with E-state index in [9.17, 15) is 4.79 Å². The number of aromatic nitrogens is 4. The van der Waals surface area contributed by atoms with E-state index in [2.05, 4.69) is 43.5 Å². The summed E-state index contributed by atoms with van der Waals surface area (Å²) in [6.45, 7) is 0.671. The van der Waals surface area contributed by atoms with Crippen molar-refractivity contribution in [3.05, 3.63) is 95.0 Å². The Kier molecular flexibility index (Phi) is 4.37. The molecule has 3 heterocycles. The zero-order valence-corrected chi connectivity index (χ0v) is 16.9. The van der Waals surface area contributed by atoms with Gasteiger partial charge in [0.25, 0.3) is 5.91 Å². The molecule has 142 valence electrons. The van der Waals surface area contributed by atoms with E-state index in [4.69, 9.17) is 0 Å². The quantitative estimate of drug-likeness (QED) is 0.434. The van der Waals surface area contributed by atoms with Crippen molar-refractivity contribution in [1.82, 2.24) is 19.2 Å². The lowest BCUT2D eigenvalue weighted by molar-refractivity contribution is 0.102. The lowest BCUT2D eigenvalue weighted by atomic mass is 10.2. The highest BCUT2D eigenvalue weighted by atomic mass is 79.9. The maximum Gasteiger partial charge on any atom is 0.274 e. The van der Waals surface area contributed by atoms with Gasteiger partial charge in [0, 0.05) is 16.1 Å². The Morgan fingerprint density at radius 1 is 1.03 bits per heavy atom. The number of amides is 1. The fraction of sp³-hybridized carbons (Fsp3) is 0.0455. The molecule has 2 aromatic carbocycles. The van der Waals surface area contributed by atoms with Crippen LogP contribution in [0.15, 0.2) is 83.7 Å². The van der Waals surface area contributed by atoms with Crippen LogP contribution in [0.4, 0.5) is 5.69 Å². The number of carbonyl (C=O) groups is 1. The first-order valence-corrected chi connectivity index (χ1v) is 9.91. The number of hydrogen-bond acceptors (Lipinski definition) is 3. The van der Waals surface area contributed by atoms with Gasteiger partial charge in [-0.1, -0.05) is 52.3 Å². The van der Waals surface area contributed by atoms with E-state index < -0.39 is 0 Å². The topological polar surface area (TPSA) is 64.2 Å². The van der Waals surface area contributed by atoms with Gasteiger partial charge in [-0.25, -0.2) is 4.98 Å². The lowest BCUT2D eigenvalue weighted by Gasteiger charge is -2.08. The molecule has 0 saturated heterocycles. The maximum atomic E-state index is 12.9. The molecule has 1 amide bonds. The maximum absolute atomic E-state index is 12.9. The number of benzene rings is 2. The minimum absolute atomic E-state index is 0.219. The van der Waals surface area contributed by atoms with Gasteiger partial charge in [0.1, 0.15) is 11.3 Å². The van der Waals surface area contributed by atoms with Gasteiger partial charge >= 0.3 is 0 Å². The second-order valence-corrected chi connectivity index (χ2v) is 7.61. The van der Waals surface area contributed by atoms with Crippen LogP contribution in [0.25, 0.3) is 16.6 Å². The first-order chi connectivity index (χ1) is 14.2. The van der Waals surface area contributed by atoms with Crippen LogP contribution in [-0.2, 0) is 6.54 Å². The van der Waals surface area contributed by atoms with Crippen molar-refractivity contribution < 1.29 is 4.79 Å². The first-order valence-electron chi connectivity index (χ1n) is 9.11. The third kappa shape index (κ3) is 3.30. The zero-order valence-electron chi connectivity index (χ0n) is 15.3. The van der Waals surface area contributed by atoms with E-state index in [1.807, 2.05) is 59.4 Å². The normalized spacial score (nSPS) is 11.2. The number of fused-ring (bicyclic) bond motifs is 2. The summed E-state index contributed by atoms with van der Waals surface area (Å²) < 4.78 is 4.61. The van der Waals surface area contributed by atoms with Crippen LogP contribution in [-0.4, -0.2) is 25.1 Å². The molecular formula is C22H16BrN5O. The van der Waals surface area contributed by atoms with Gasteiger partial charge in [0.15, 0.2) is 0 Å². The molecule has 0 aliphatic heterocycles. The number of pyridine rings is 1. The van der Waals surface area contributed by atoms with Gasteiger partial charge < -0.3 is 5.32 Å². The van der Waals surface area contributed by atoms with Crippen LogP contribution in [0.2, 0.25) is 0 Å². The number of rotatable bonds is 4. The molecule has 0 radical (unpaired) electrons. The molecular weight excluding hydrogens is 430 g/mol. The second kappa shape index (κ2) is 7.18. The van der Waals surface area contributed by atoms with Gasteiger partial charge in [-0.15, -0.1) is 0 Å². The van der Waals surface area contributed by atoms with Crippen molar-refractivity contribution in [3.8, 4) is 0 Å². The number of anilines is 1. The molecule has 0 atom stereocenters. The van der Waals surface area contributed by atoms with Gasteiger partial charge in [-0.3, -0.25) is 13.9 Å². The summed E-state index contributed by atoms with van der Waals surface area (Å²) in [5.41, 5.74) is 4.04. The molecule has 3 aromatic heterocycles. The predicted octanol–water partition coefficient (Wildman–Crippen LogP) is 4.75. The fourth-order valence-corrected chi connectivity index (χ4v) is 3.73. The summed E-state index contributed by atoms with van der Waals surface area (Å²) in [6.07, 6.45) is 5.19. The Bertz CT molecular complexity index is 1340. The zero-order chi connectivity index (χ0) is 19.8. The Hall–Kier alpha value is -3.45. The van der Waals surface area contributed by atoms with Crippen LogP contribution in [0.3, 0.4) is 0 Å². The van der Waals surface area contributed by atoms with E-state index >= 15 is 0 Å². The van der Waals surface area contributed by atoms with Crippen LogP contribution >= 0.6 is 15.9 Å². The third-order valence-electron chi connectivity index (χ3n) is 4.82. The van der Waals surface area contributed by atoms with E-state index in [-0.39, 0.29) is 5.91 Å². The molecule has 0 unspecified atom stereocenters. The number of imidazole rings is 1. The van der Waals surface area contributed by atoms with Gasteiger partial charge in [-0.05, 0) is 29.8 Å². The number of carbonyl (C=O) groups excluding carboxylic acids is 1. The molecule has 29 heavy (non-hydrogen) atoms. The van der Waals surface area contributed by atoms with E-state index in [0.29, 0.717) is 17.9 Å². The Balaban J connectivity index is 1.46. The highest BCUT2D eigenvalue weighted by molar-refractivity contribution is 9.10. The van der Waals surface area contributed by atoms with Crippen LogP contribution in [0.1, 0.15) is 16.1 Å². The highest BCUT2D eigenvalue weighted by Gasteiger charge is 2.15. The van der Waals surface area contributed by atoms with Crippen LogP contribution < -0.4 is 5.32 Å². The number of hydrogen-bond donors (Lipinski definition) is 1. The molecule has 0 saturated carbocycles. The van der Waals surface area contributed by atoms with Gasteiger partial charge in [0.05, 0.1) is 30.1 Å². The standard InChI is InChI=1S/C22H16BrN5O/c23-16-9-10-27-20(13-24-21(27)11-16)22(29)26-18-7-4-8-19-17(18)12-25-28(19)14-15-5-2-1-3-6-15/h1-13H,14H2,(H,26,29). The molecule has 0 aliphatic carbocycles. The lowest BCUT2D eigenvalue weighted by Crippen LogP contribution is -2.14. The van der Waals surface area contributed by atoms with Crippen molar-refractivity contribution in [2.24, 2.45) is 0 Å². The Labute approximate surface area is 174 Å². The molecule has 0 bridgehead atoms. The molecule has 5 aromatic rings. The average Bonchev–Trinajstić information content (AvgIpc) is 3.33. The van der Waals surface area contributed by atoms with E-state index in [0.717, 1.165) is 21.1 Å².